The van der Waals surface area contributed by atoms with E-state index in [0.717, 1.165) is 25.9 Å². The molecule has 0 aliphatic rings. The largest absolute Gasteiger partial charge is 0.346 e. The van der Waals surface area contributed by atoms with Crippen molar-refractivity contribution in [3.8, 4) is 12.0 Å². The van der Waals surface area contributed by atoms with Crippen molar-refractivity contribution >= 4 is 0 Å². The van der Waals surface area contributed by atoms with Crippen LogP contribution in [0.1, 0.15) is 19.8 Å². The molecule has 0 saturated heterocycles. The number of nitrogens with two attached hydrogens (primary N) is 1. The first kappa shape index (κ1) is 8.32. The van der Waals surface area contributed by atoms with E-state index >= 15 is 0 Å². The van der Waals surface area contributed by atoms with Gasteiger partial charge >= 0.3 is 0 Å². The molecule has 2 heteroatoms. The first-order chi connectivity index (χ1) is 4.41. The van der Waals surface area contributed by atoms with E-state index in [2.05, 4.69) is 17.3 Å². The highest BCUT2D eigenvalue weighted by molar-refractivity contribution is 4.91. The smallest absolute Gasteiger partial charge is 0.0230 e. The zero-order valence-electron chi connectivity index (χ0n) is 5.91. The molecule has 0 atom stereocenters. The fourth-order valence-electron chi connectivity index (χ4n) is 0.509. The molecule has 0 spiro atoms. The standard InChI is InChI=1S/C7H14N2/c1-2-6-9-7-4-3-5-8/h9H,3-5,7-8H2,1H3. The lowest BCUT2D eigenvalue weighted by atomic mass is 10.3. The zero-order chi connectivity index (χ0) is 6.95. The van der Waals surface area contributed by atoms with Crippen LogP contribution in [0.4, 0.5) is 0 Å². The normalized spacial score (nSPS) is 7.78. The van der Waals surface area contributed by atoms with E-state index in [9.17, 15) is 0 Å². The third-order valence-corrected chi connectivity index (χ3v) is 0.969. The second-order valence-corrected chi connectivity index (χ2v) is 1.80. The van der Waals surface area contributed by atoms with Crippen molar-refractivity contribution < 1.29 is 0 Å². The summed E-state index contributed by atoms with van der Waals surface area (Å²) in [6, 6.07) is 2.77. The van der Waals surface area contributed by atoms with E-state index < -0.39 is 0 Å². The van der Waals surface area contributed by atoms with Crippen molar-refractivity contribution in [1.82, 2.24) is 5.32 Å². The predicted octanol–water partition coefficient (Wildman–Crippen LogP) is 0.296. The molecule has 0 rings (SSSR count). The summed E-state index contributed by atoms with van der Waals surface area (Å²) >= 11 is 0. The van der Waals surface area contributed by atoms with E-state index in [4.69, 9.17) is 5.73 Å². The number of rotatable bonds is 4. The Morgan fingerprint density at radius 1 is 1.44 bits per heavy atom. The molecular formula is C7H14N2. The van der Waals surface area contributed by atoms with Crippen LogP contribution in [0, 0.1) is 12.0 Å². The van der Waals surface area contributed by atoms with E-state index in [0.29, 0.717) is 0 Å². The van der Waals surface area contributed by atoms with Gasteiger partial charge < -0.3 is 11.1 Å². The van der Waals surface area contributed by atoms with Crippen LogP contribution in [0.5, 0.6) is 0 Å². The first-order valence-electron chi connectivity index (χ1n) is 3.26. The summed E-state index contributed by atoms with van der Waals surface area (Å²) in [6.45, 7) is 3.55. The van der Waals surface area contributed by atoms with Crippen molar-refractivity contribution in [2.24, 2.45) is 5.73 Å². The first-order valence-corrected chi connectivity index (χ1v) is 3.26. The highest BCUT2D eigenvalue weighted by atomic mass is 14.8. The highest BCUT2D eigenvalue weighted by Gasteiger charge is 1.80. The summed E-state index contributed by atoms with van der Waals surface area (Å²) in [5.74, 6) is 2.75. The lowest BCUT2D eigenvalue weighted by Crippen LogP contribution is -2.09. The van der Waals surface area contributed by atoms with Gasteiger partial charge in [-0.05, 0) is 26.3 Å². The number of hydrogen-bond acceptors (Lipinski definition) is 2. The maximum absolute atomic E-state index is 5.28. The average Bonchev–Trinajstić information content (AvgIpc) is 1.89. The van der Waals surface area contributed by atoms with Crippen LogP contribution in [0.3, 0.4) is 0 Å². The van der Waals surface area contributed by atoms with Crippen LogP contribution in [0.25, 0.3) is 0 Å². The van der Waals surface area contributed by atoms with Gasteiger partial charge in [-0.1, -0.05) is 5.92 Å². The van der Waals surface area contributed by atoms with Crippen LogP contribution in [-0.4, -0.2) is 13.1 Å². The Kier molecular flexibility index (Phi) is 6.77. The Bertz CT molecular complexity index is 99.2. The molecule has 0 heterocycles. The van der Waals surface area contributed by atoms with Gasteiger partial charge in [0.25, 0.3) is 0 Å². The van der Waals surface area contributed by atoms with Crippen molar-refractivity contribution in [2.45, 2.75) is 19.8 Å². The van der Waals surface area contributed by atoms with Crippen molar-refractivity contribution in [3.63, 3.8) is 0 Å². The highest BCUT2D eigenvalue weighted by Crippen LogP contribution is 1.80. The lowest BCUT2D eigenvalue weighted by molar-refractivity contribution is 0.712. The minimum absolute atomic E-state index is 0.779. The summed E-state index contributed by atoms with van der Waals surface area (Å²) < 4.78 is 0. The molecular weight excluding hydrogens is 112 g/mol. The second kappa shape index (κ2) is 7.32. The van der Waals surface area contributed by atoms with Crippen molar-refractivity contribution in [2.75, 3.05) is 13.1 Å². The van der Waals surface area contributed by atoms with Gasteiger partial charge in [0.2, 0.25) is 0 Å². The Labute approximate surface area is 56.8 Å². The lowest BCUT2D eigenvalue weighted by Gasteiger charge is -1.94. The van der Waals surface area contributed by atoms with E-state index in [1.54, 1.807) is 0 Å². The topological polar surface area (TPSA) is 38.0 Å². The molecule has 0 saturated carbocycles. The van der Waals surface area contributed by atoms with Crippen LogP contribution >= 0.6 is 0 Å². The van der Waals surface area contributed by atoms with Gasteiger partial charge in [-0.15, -0.1) is 0 Å². The van der Waals surface area contributed by atoms with E-state index in [1.165, 1.54) is 0 Å². The molecule has 0 fully saturated rings. The summed E-state index contributed by atoms with van der Waals surface area (Å²) in [5, 5.41) is 2.95. The van der Waals surface area contributed by atoms with Crippen LogP contribution in [0.2, 0.25) is 0 Å². The maximum atomic E-state index is 5.28. The Morgan fingerprint density at radius 2 is 2.22 bits per heavy atom. The monoisotopic (exact) mass is 126 g/mol. The Hall–Kier alpha value is -0.680. The number of unbranched alkanes of at least 4 members (excludes halogenated alkanes) is 1. The van der Waals surface area contributed by atoms with Gasteiger partial charge in [-0.25, -0.2) is 0 Å². The van der Waals surface area contributed by atoms with Gasteiger partial charge in [0, 0.05) is 12.6 Å². The van der Waals surface area contributed by atoms with Crippen molar-refractivity contribution in [3.05, 3.63) is 0 Å². The number of hydrogen-bond donors (Lipinski definition) is 2. The predicted molar refractivity (Wildman–Crippen MR) is 39.7 cm³/mol. The molecule has 0 aromatic rings. The summed E-state index contributed by atoms with van der Waals surface area (Å²) in [7, 11) is 0. The summed E-state index contributed by atoms with van der Waals surface area (Å²) in [4.78, 5) is 0. The SMILES string of the molecule is CC#CNCCCCN. The minimum Gasteiger partial charge on any atom is -0.346 e. The summed E-state index contributed by atoms with van der Waals surface area (Å²) in [6.07, 6.45) is 2.20. The average molecular weight is 126 g/mol. The Morgan fingerprint density at radius 3 is 2.78 bits per heavy atom. The third-order valence-electron chi connectivity index (χ3n) is 0.969. The third kappa shape index (κ3) is 7.32. The van der Waals surface area contributed by atoms with E-state index in [1.807, 2.05) is 6.92 Å². The minimum atomic E-state index is 0.779. The van der Waals surface area contributed by atoms with Gasteiger partial charge in [0.15, 0.2) is 0 Å². The quantitative estimate of drug-likeness (QED) is 0.323. The molecule has 0 aliphatic heterocycles. The van der Waals surface area contributed by atoms with Crippen LogP contribution < -0.4 is 11.1 Å². The van der Waals surface area contributed by atoms with Crippen LogP contribution in [0.15, 0.2) is 0 Å². The fourth-order valence-corrected chi connectivity index (χ4v) is 0.509. The maximum Gasteiger partial charge on any atom is 0.0230 e. The molecule has 0 bridgehead atoms. The van der Waals surface area contributed by atoms with E-state index in [-0.39, 0.29) is 0 Å². The molecule has 3 N–H and O–H groups in total. The van der Waals surface area contributed by atoms with Gasteiger partial charge in [-0.3, -0.25) is 0 Å². The molecule has 0 amide bonds. The summed E-state index contributed by atoms with van der Waals surface area (Å²) in [5.41, 5.74) is 5.28. The molecule has 0 aromatic heterocycles. The molecule has 2 nitrogen and oxygen atoms in total. The van der Waals surface area contributed by atoms with Crippen LogP contribution in [-0.2, 0) is 0 Å². The zero-order valence-corrected chi connectivity index (χ0v) is 5.91. The number of nitrogens with one attached hydrogen (secondary N) is 1. The molecule has 0 aliphatic carbocycles. The second-order valence-electron chi connectivity index (χ2n) is 1.80. The van der Waals surface area contributed by atoms with Gasteiger partial charge in [0.05, 0.1) is 0 Å². The molecule has 9 heavy (non-hydrogen) atoms. The van der Waals surface area contributed by atoms with Gasteiger partial charge in [0.1, 0.15) is 0 Å². The molecule has 52 valence electrons. The molecule has 0 radical (unpaired) electrons. The van der Waals surface area contributed by atoms with Crippen molar-refractivity contribution in [1.29, 1.82) is 0 Å². The Balaban J connectivity index is 2.80. The fraction of sp³-hybridized carbons (Fsp3) is 0.714. The molecule has 0 aromatic carbocycles. The van der Waals surface area contributed by atoms with Gasteiger partial charge in [-0.2, -0.15) is 0 Å². The molecule has 0 unspecified atom stereocenters.